The number of benzene rings is 2. The molecule has 0 heterocycles. The first kappa shape index (κ1) is 14.8. The zero-order valence-electron chi connectivity index (χ0n) is 11.9. The molecule has 0 saturated heterocycles. The highest BCUT2D eigenvalue weighted by atomic mass is 16.6. The largest absolute Gasteiger partial charge is 0.491 e. The highest BCUT2D eigenvalue weighted by Crippen LogP contribution is 2.25. The van der Waals surface area contributed by atoms with Crippen molar-refractivity contribution in [3.8, 4) is 5.75 Å². The number of hydrogen-bond donors (Lipinski definition) is 1. The Hall–Kier alpha value is -2.56. The summed E-state index contributed by atoms with van der Waals surface area (Å²) < 4.78 is 5.67. The van der Waals surface area contributed by atoms with Crippen LogP contribution in [0.15, 0.2) is 48.5 Å². The minimum atomic E-state index is -0.387. The van der Waals surface area contributed by atoms with E-state index in [1.165, 1.54) is 6.07 Å². The maximum absolute atomic E-state index is 10.8. The summed E-state index contributed by atoms with van der Waals surface area (Å²) in [5.41, 5.74) is 1.84. The van der Waals surface area contributed by atoms with E-state index < -0.39 is 0 Å². The maximum atomic E-state index is 10.8. The lowest BCUT2D eigenvalue weighted by atomic mass is 10.2. The smallest absolute Gasteiger partial charge is 0.269 e. The summed E-state index contributed by atoms with van der Waals surface area (Å²) in [5, 5.41) is 14.0. The van der Waals surface area contributed by atoms with Gasteiger partial charge in [-0.1, -0.05) is 31.2 Å². The minimum absolute atomic E-state index is 0.102. The van der Waals surface area contributed by atoms with E-state index in [1.54, 1.807) is 12.1 Å². The van der Waals surface area contributed by atoms with Gasteiger partial charge in [0.2, 0.25) is 0 Å². The van der Waals surface area contributed by atoms with Gasteiger partial charge in [-0.2, -0.15) is 0 Å². The van der Waals surface area contributed by atoms with Gasteiger partial charge in [0.1, 0.15) is 5.75 Å². The summed E-state index contributed by atoms with van der Waals surface area (Å²) in [7, 11) is 0. The van der Waals surface area contributed by atoms with Crippen molar-refractivity contribution in [2.24, 2.45) is 0 Å². The highest BCUT2D eigenvalue weighted by molar-refractivity contribution is 5.56. The van der Waals surface area contributed by atoms with Crippen molar-refractivity contribution < 1.29 is 9.66 Å². The Labute approximate surface area is 123 Å². The molecule has 1 N–H and O–H groups in total. The number of anilines is 1. The van der Waals surface area contributed by atoms with Crippen molar-refractivity contribution in [2.45, 2.75) is 19.9 Å². The number of nitro benzene ring substituents is 1. The fraction of sp³-hybridized carbons (Fsp3) is 0.250. The lowest BCUT2D eigenvalue weighted by molar-refractivity contribution is -0.384. The van der Waals surface area contributed by atoms with Gasteiger partial charge < -0.3 is 10.1 Å². The molecule has 0 bridgehead atoms. The number of rotatable bonds is 7. The van der Waals surface area contributed by atoms with E-state index in [0.717, 1.165) is 23.4 Å². The number of nitrogens with one attached hydrogen (secondary N) is 1. The summed E-state index contributed by atoms with van der Waals surface area (Å²) in [5.74, 6) is 0.796. The topological polar surface area (TPSA) is 64.4 Å². The molecule has 0 unspecified atom stereocenters. The molecule has 0 fully saturated rings. The second-order valence-corrected chi connectivity index (χ2v) is 4.63. The Morgan fingerprint density at radius 1 is 1.19 bits per heavy atom. The van der Waals surface area contributed by atoms with Gasteiger partial charge in [0.25, 0.3) is 5.69 Å². The van der Waals surface area contributed by atoms with Gasteiger partial charge in [-0.15, -0.1) is 0 Å². The molecule has 0 spiro atoms. The van der Waals surface area contributed by atoms with Crippen LogP contribution in [-0.2, 0) is 6.54 Å². The Balaban J connectivity index is 2.06. The van der Waals surface area contributed by atoms with Crippen molar-refractivity contribution in [2.75, 3.05) is 11.9 Å². The van der Waals surface area contributed by atoms with Crippen LogP contribution in [0.4, 0.5) is 11.4 Å². The quantitative estimate of drug-likeness (QED) is 0.617. The monoisotopic (exact) mass is 286 g/mol. The minimum Gasteiger partial charge on any atom is -0.491 e. The van der Waals surface area contributed by atoms with E-state index in [9.17, 15) is 10.1 Å². The lowest BCUT2D eigenvalue weighted by Gasteiger charge is -2.12. The number of nitro groups is 1. The summed E-state index contributed by atoms with van der Waals surface area (Å²) >= 11 is 0. The zero-order valence-corrected chi connectivity index (χ0v) is 11.9. The Bertz CT molecular complexity index is 614. The zero-order chi connectivity index (χ0) is 15.1. The number of ether oxygens (including phenoxy) is 1. The average Bonchev–Trinajstić information content (AvgIpc) is 2.52. The summed E-state index contributed by atoms with van der Waals surface area (Å²) in [6, 6.07) is 14.3. The first-order chi connectivity index (χ1) is 10.2. The van der Waals surface area contributed by atoms with E-state index >= 15 is 0 Å². The van der Waals surface area contributed by atoms with Crippen LogP contribution in [0.5, 0.6) is 5.75 Å². The first-order valence-electron chi connectivity index (χ1n) is 6.89. The molecule has 5 nitrogen and oxygen atoms in total. The number of para-hydroxylation sites is 2. The van der Waals surface area contributed by atoms with Gasteiger partial charge >= 0.3 is 0 Å². The molecular formula is C16H18N2O3. The molecule has 5 heteroatoms. The van der Waals surface area contributed by atoms with Gasteiger partial charge in [-0.3, -0.25) is 10.1 Å². The maximum Gasteiger partial charge on any atom is 0.269 e. The fourth-order valence-corrected chi connectivity index (χ4v) is 1.93. The van der Waals surface area contributed by atoms with Crippen LogP contribution < -0.4 is 10.1 Å². The van der Waals surface area contributed by atoms with Gasteiger partial charge in [-0.25, -0.2) is 0 Å². The highest BCUT2D eigenvalue weighted by Gasteiger charge is 2.06. The normalized spacial score (nSPS) is 10.1. The third-order valence-corrected chi connectivity index (χ3v) is 2.95. The third-order valence-electron chi connectivity index (χ3n) is 2.95. The van der Waals surface area contributed by atoms with E-state index in [0.29, 0.717) is 13.2 Å². The Kier molecular flexibility index (Phi) is 5.15. The first-order valence-corrected chi connectivity index (χ1v) is 6.89. The summed E-state index contributed by atoms with van der Waals surface area (Å²) in [6.45, 7) is 3.23. The van der Waals surface area contributed by atoms with E-state index in [-0.39, 0.29) is 10.6 Å². The standard InChI is InChI=1S/C16H18N2O3/c1-2-10-21-16-9-4-3-8-15(16)17-12-13-6-5-7-14(11-13)18(19)20/h3-9,11,17H,2,10,12H2,1H3. The van der Waals surface area contributed by atoms with Crippen LogP contribution in [0, 0.1) is 10.1 Å². The summed E-state index contributed by atoms with van der Waals surface area (Å²) in [4.78, 5) is 10.4. The Morgan fingerprint density at radius 2 is 2.00 bits per heavy atom. The molecule has 2 rings (SSSR count). The molecule has 0 aliphatic rings. The predicted molar refractivity (Wildman–Crippen MR) is 82.7 cm³/mol. The second-order valence-electron chi connectivity index (χ2n) is 4.63. The average molecular weight is 286 g/mol. The van der Waals surface area contributed by atoms with Gasteiger partial charge in [-0.05, 0) is 24.1 Å². The van der Waals surface area contributed by atoms with Gasteiger partial charge in [0.15, 0.2) is 0 Å². The lowest BCUT2D eigenvalue weighted by Crippen LogP contribution is -2.03. The van der Waals surface area contributed by atoms with Crippen molar-refractivity contribution in [3.63, 3.8) is 0 Å². The molecule has 0 amide bonds. The molecule has 0 radical (unpaired) electrons. The van der Waals surface area contributed by atoms with Crippen molar-refractivity contribution >= 4 is 11.4 Å². The number of nitrogens with zero attached hydrogens (tertiary/aromatic N) is 1. The van der Waals surface area contributed by atoms with Crippen molar-refractivity contribution in [1.29, 1.82) is 0 Å². The van der Waals surface area contributed by atoms with Crippen molar-refractivity contribution in [1.82, 2.24) is 0 Å². The molecule has 0 atom stereocenters. The van der Waals surface area contributed by atoms with Gasteiger partial charge in [0.05, 0.1) is 17.2 Å². The molecule has 21 heavy (non-hydrogen) atoms. The molecule has 2 aromatic carbocycles. The summed E-state index contributed by atoms with van der Waals surface area (Å²) in [6.07, 6.45) is 0.944. The van der Waals surface area contributed by atoms with Crippen LogP contribution in [0.2, 0.25) is 0 Å². The molecule has 0 aliphatic heterocycles. The number of non-ortho nitro benzene ring substituents is 1. The van der Waals surface area contributed by atoms with Crippen LogP contribution in [0.25, 0.3) is 0 Å². The van der Waals surface area contributed by atoms with Crippen LogP contribution in [-0.4, -0.2) is 11.5 Å². The van der Waals surface area contributed by atoms with Crippen LogP contribution in [0.1, 0.15) is 18.9 Å². The molecule has 2 aromatic rings. The van der Waals surface area contributed by atoms with E-state index in [1.807, 2.05) is 30.3 Å². The molecule has 0 aliphatic carbocycles. The predicted octanol–water partition coefficient (Wildman–Crippen LogP) is 4.00. The second kappa shape index (κ2) is 7.28. The van der Waals surface area contributed by atoms with E-state index in [4.69, 9.17) is 4.74 Å². The Morgan fingerprint density at radius 3 is 2.76 bits per heavy atom. The molecular weight excluding hydrogens is 268 g/mol. The molecule has 0 aromatic heterocycles. The van der Waals surface area contributed by atoms with Crippen molar-refractivity contribution in [3.05, 3.63) is 64.2 Å². The van der Waals surface area contributed by atoms with Crippen LogP contribution >= 0.6 is 0 Å². The van der Waals surface area contributed by atoms with Gasteiger partial charge in [0, 0.05) is 18.7 Å². The molecule has 110 valence electrons. The third kappa shape index (κ3) is 4.21. The van der Waals surface area contributed by atoms with Crippen LogP contribution in [0.3, 0.4) is 0 Å². The number of hydrogen-bond acceptors (Lipinski definition) is 4. The fourth-order valence-electron chi connectivity index (χ4n) is 1.93. The SMILES string of the molecule is CCCOc1ccccc1NCc1cccc([N+](=O)[O-])c1. The van der Waals surface area contributed by atoms with E-state index in [2.05, 4.69) is 12.2 Å². The molecule has 0 saturated carbocycles.